The summed E-state index contributed by atoms with van der Waals surface area (Å²) in [5.41, 5.74) is 5.38. The van der Waals surface area contributed by atoms with Crippen LogP contribution >= 0.6 is 11.3 Å². The molecule has 0 bridgehead atoms. The lowest BCUT2D eigenvalue weighted by Crippen LogP contribution is -2.38. The molecule has 0 amide bonds. The molecule has 2 aromatic heterocycles. The number of ether oxygens (including phenoxy) is 4. The summed E-state index contributed by atoms with van der Waals surface area (Å²) in [6.07, 6.45) is 3.10. The summed E-state index contributed by atoms with van der Waals surface area (Å²) >= 11 is 1.53. The van der Waals surface area contributed by atoms with Crippen LogP contribution in [0.15, 0.2) is 53.9 Å². The minimum absolute atomic E-state index is 0.0422. The van der Waals surface area contributed by atoms with Crippen molar-refractivity contribution in [3.63, 3.8) is 0 Å². The highest BCUT2D eigenvalue weighted by molar-refractivity contribution is 7.23. The normalized spacial score (nSPS) is 14.1. The van der Waals surface area contributed by atoms with Gasteiger partial charge < -0.3 is 24.1 Å². The maximum Gasteiger partial charge on any atom is 0.167 e. The fourth-order valence-corrected chi connectivity index (χ4v) is 5.44. The van der Waals surface area contributed by atoms with Crippen LogP contribution in [0, 0.1) is 0 Å². The van der Waals surface area contributed by atoms with Crippen molar-refractivity contribution in [2.75, 3.05) is 58.6 Å². The van der Waals surface area contributed by atoms with Crippen LogP contribution in [-0.4, -0.2) is 79.4 Å². The number of fused-ring (bicyclic) bond motifs is 1. The van der Waals surface area contributed by atoms with Crippen molar-refractivity contribution < 1.29 is 24.1 Å². The summed E-state index contributed by atoms with van der Waals surface area (Å²) in [6, 6.07) is 13.0. The van der Waals surface area contributed by atoms with Crippen LogP contribution in [0.5, 0.6) is 23.0 Å². The average Bonchev–Trinajstić information content (AvgIpc) is 3.33. The second-order valence-corrected chi connectivity index (χ2v) is 9.71. The summed E-state index contributed by atoms with van der Waals surface area (Å²) in [7, 11) is 1.51. The molecule has 5 rings (SSSR count). The number of phenolic OH excluding ortho intramolecular Hbond substituents is 1. The van der Waals surface area contributed by atoms with Gasteiger partial charge in [0.25, 0.3) is 0 Å². The van der Waals surface area contributed by atoms with E-state index in [4.69, 9.17) is 18.9 Å². The SMILES string of the molecule is CCOc1ccccc1-c1sc2c(N/N=C/c3ccc(OC)c(O)c3)ncnc2c1OCCN1CCOCC1. The second kappa shape index (κ2) is 12.7. The number of thiophene rings is 1. The number of hydrogen-bond acceptors (Lipinski definition) is 11. The van der Waals surface area contributed by atoms with E-state index in [9.17, 15) is 5.11 Å². The van der Waals surface area contributed by atoms with Gasteiger partial charge in [0.1, 0.15) is 28.9 Å². The predicted molar refractivity (Wildman–Crippen MR) is 153 cm³/mol. The van der Waals surface area contributed by atoms with Gasteiger partial charge in [-0.15, -0.1) is 11.3 Å². The molecule has 2 aromatic carbocycles. The molecule has 0 spiro atoms. The Kier molecular flexibility index (Phi) is 8.71. The van der Waals surface area contributed by atoms with Crippen molar-refractivity contribution in [3.8, 4) is 33.4 Å². The third-order valence-electron chi connectivity index (χ3n) is 6.21. The Morgan fingerprint density at radius 1 is 1.13 bits per heavy atom. The molecular weight excluding hydrogens is 518 g/mol. The Morgan fingerprint density at radius 2 is 1.97 bits per heavy atom. The van der Waals surface area contributed by atoms with Crippen LogP contribution in [-0.2, 0) is 4.74 Å². The molecule has 1 fully saturated rings. The molecule has 1 saturated heterocycles. The molecular formula is C28H31N5O5S. The van der Waals surface area contributed by atoms with E-state index < -0.39 is 0 Å². The van der Waals surface area contributed by atoms with Crippen LogP contribution in [0.4, 0.5) is 5.82 Å². The lowest BCUT2D eigenvalue weighted by atomic mass is 10.1. The summed E-state index contributed by atoms with van der Waals surface area (Å²) in [5, 5.41) is 14.4. The summed E-state index contributed by atoms with van der Waals surface area (Å²) in [4.78, 5) is 12.3. The molecule has 0 radical (unpaired) electrons. The summed E-state index contributed by atoms with van der Waals surface area (Å²) < 4.78 is 23.7. The minimum Gasteiger partial charge on any atom is -0.504 e. The molecule has 11 heteroatoms. The maximum atomic E-state index is 10.0. The molecule has 39 heavy (non-hydrogen) atoms. The number of hydrogen-bond donors (Lipinski definition) is 2. The minimum atomic E-state index is 0.0422. The third-order valence-corrected chi connectivity index (χ3v) is 7.41. The quantitative estimate of drug-likeness (QED) is 0.204. The van der Waals surface area contributed by atoms with Crippen LogP contribution in [0.2, 0.25) is 0 Å². The molecule has 0 atom stereocenters. The Morgan fingerprint density at radius 3 is 2.77 bits per heavy atom. The van der Waals surface area contributed by atoms with Gasteiger partial charge in [0.15, 0.2) is 23.1 Å². The average molecular weight is 550 g/mol. The highest BCUT2D eigenvalue weighted by atomic mass is 32.1. The fraction of sp³-hybridized carbons (Fsp3) is 0.321. The van der Waals surface area contributed by atoms with Gasteiger partial charge in [-0.05, 0) is 42.8 Å². The number of nitrogens with zero attached hydrogens (tertiary/aromatic N) is 4. The predicted octanol–water partition coefficient (Wildman–Crippen LogP) is 4.63. The molecule has 3 heterocycles. The van der Waals surface area contributed by atoms with Gasteiger partial charge in [0, 0.05) is 25.2 Å². The molecule has 0 unspecified atom stereocenters. The van der Waals surface area contributed by atoms with E-state index in [1.807, 2.05) is 31.2 Å². The van der Waals surface area contributed by atoms with Crippen LogP contribution < -0.4 is 19.6 Å². The molecule has 0 aliphatic carbocycles. The first-order valence-corrected chi connectivity index (χ1v) is 13.6. The highest BCUT2D eigenvalue weighted by Gasteiger charge is 2.22. The number of aromatic hydroxyl groups is 1. The van der Waals surface area contributed by atoms with Gasteiger partial charge in [-0.25, -0.2) is 9.97 Å². The van der Waals surface area contributed by atoms with Gasteiger partial charge in [-0.1, -0.05) is 12.1 Å². The van der Waals surface area contributed by atoms with Crippen molar-refractivity contribution in [2.45, 2.75) is 6.92 Å². The lowest BCUT2D eigenvalue weighted by Gasteiger charge is -2.26. The summed E-state index contributed by atoms with van der Waals surface area (Å²) in [6.45, 7) is 7.11. The van der Waals surface area contributed by atoms with Crippen LogP contribution in [0.25, 0.3) is 20.7 Å². The van der Waals surface area contributed by atoms with E-state index in [0.29, 0.717) is 41.6 Å². The first kappa shape index (κ1) is 26.7. The van der Waals surface area contributed by atoms with E-state index in [1.54, 1.807) is 24.4 Å². The zero-order valence-electron chi connectivity index (χ0n) is 21.9. The number of anilines is 1. The Balaban J connectivity index is 1.45. The standard InChI is InChI=1S/C28H31N5O5S/c1-3-37-22-7-5-4-6-20(22)26-25(38-15-12-33-10-13-36-14-11-33)24-27(39-26)28(30-18-29-24)32-31-17-19-8-9-23(35-2)21(34)16-19/h4-9,16-18,34H,3,10-15H2,1-2H3,(H,29,30,32)/b31-17+. The Hall–Kier alpha value is -3.93. The van der Waals surface area contributed by atoms with Gasteiger partial charge in [0.2, 0.25) is 0 Å². The van der Waals surface area contributed by atoms with E-state index in [-0.39, 0.29) is 5.75 Å². The first-order chi connectivity index (χ1) is 19.2. The zero-order chi connectivity index (χ0) is 27.0. The zero-order valence-corrected chi connectivity index (χ0v) is 22.7. The van der Waals surface area contributed by atoms with Gasteiger partial charge >= 0.3 is 0 Å². The van der Waals surface area contributed by atoms with Gasteiger partial charge in [-0.3, -0.25) is 10.3 Å². The second-order valence-electron chi connectivity index (χ2n) is 8.69. The van der Waals surface area contributed by atoms with E-state index in [2.05, 4.69) is 25.4 Å². The number of hydrazone groups is 1. The topological polar surface area (TPSA) is 111 Å². The smallest absolute Gasteiger partial charge is 0.167 e. The number of morpholine rings is 1. The fourth-order valence-electron chi connectivity index (χ4n) is 4.27. The Bertz CT molecular complexity index is 1440. The van der Waals surface area contributed by atoms with E-state index >= 15 is 0 Å². The molecule has 0 saturated carbocycles. The third kappa shape index (κ3) is 6.22. The van der Waals surface area contributed by atoms with Crippen molar-refractivity contribution in [1.82, 2.24) is 14.9 Å². The van der Waals surface area contributed by atoms with E-state index in [1.165, 1.54) is 24.8 Å². The molecule has 2 N–H and O–H groups in total. The number of para-hydroxylation sites is 1. The Labute approximate surface area is 230 Å². The van der Waals surface area contributed by atoms with Crippen LogP contribution in [0.3, 0.4) is 0 Å². The van der Waals surface area contributed by atoms with Crippen molar-refractivity contribution in [2.24, 2.45) is 5.10 Å². The first-order valence-electron chi connectivity index (χ1n) is 12.8. The number of benzene rings is 2. The highest BCUT2D eigenvalue weighted by Crippen LogP contribution is 2.48. The molecule has 204 valence electrons. The number of phenols is 1. The number of methoxy groups -OCH3 is 1. The molecule has 1 aliphatic rings. The van der Waals surface area contributed by atoms with Crippen LogP contribution in [0.1, 0.15) is 12.5 Å². The van der Waals surface area contributed by atoms with E-state index in [0.717, 1.165) is 53.7 Å². The number of rotatable bonds is 11. The molecule has 1 aliphatic heterocycles. The van der Waals surface area contributed by atoms with Crippen molar-refractivity contribution in [1.29, 1.82) is 0 Å². The molecule has 10 nitrogen and oxygen atoms in total. The number of aromatic nitrogens is 2. The summed E-state index contributed by atoms with van der Waals surface area (Å²) in [5.74, 6) is 2.48. The maximum absolute atomic E-state index is 10.0. The van der Waals surface area contributed by atoms with Gasteiger partial charge in [-0.2, -0.15) is 5.10 Å². The van der Waals surface area contributed by atoms with Crippen molar-refractivity contribution >= 4 is 33.6 Å². The lowest BCUT2D eigenvalue weighted by molar-refractivity contribution is 0.0324. The van der Waals surface area contributed by atoms with Crippen molar-refractivity contribution in [3.05, 3.63) is 54.4 Å². The van der Waals surface area contributed by atoms with Gasteiger partial charge in [0.05, 0.1) is 38.0 Å². The monoisotopic (exact) mass is 549 g/mol. The number of nitrogens with one attached hydrogen (secondary N) is 1. The molecule has 4 aromatic rings. The largest absolute Gasteiger partial charge is 0.504 e.